The zero-order valence-electron chi connectivity index (χ0n) is 14.5. The predicted octanol–water partition coefficient (Wildman–Crippen LogP) is 3.97. The van der Waals surface area contributed by atoms with Crippen molar-refractivity contribution < 1.29 is 0 Å². The number of nitrogens with zero attached hydrogens (tertiary/aromatic N) is 1. The molecular weight excluding hydrogens is 284 g/mol. The van der Waals surface area contributed by atoms with Crippen LogP contribution in [0.5, 0.6) is 0 Å². The van der Waals surface area contributed by atoms with Gasteiger partial charge in [-0.3, -0.25) is 4.79 Å². The molecule has 23 heavy (non-hydrogen) atoms. The Morgan fingerprint density at radius 2 is 1.78 bits per heavy atom. The van der Waals surface area contributed by atoms with Crippen molar-refractivity contribution >= 4 is 0 Å². The van der Waals surface area contributed by atoms with Crippen LogP contribution in [0.25, 0.3) is 0 Å². The molecule has 122 valence electrons. The monoisotopic (exact) mass is 310 g/mol. The maximum absolute atomic E-state index is 13.1. The highest BCUT2D eigenvalue weighted by Crippen LogP contribution is 2.36. The quantitative estimate of drug-likeness (QED) is 0.929. The van der Waals surface area contributed by atoms with Gasteiger partial charge in [0.1, 0.15) is 0 Å². The third-order valence-corrected chi connectivity index (χ3v) is 4.79. The van der Waals surface area contributed by atoms with Crippen LogP contribution in [-0.4, -0.2) is 4.57 Å². The summed E-state index contributed by atoms with van der Waals surface area (Å²) in [5.74, 6) is 0.342. The van der Waals surface area contributed by atoms with E-state index in [1.165, 1.54) is 5.56 Å². The van der Waals surface area contributed by atoms with Crippen LogP contribution in [0.1, 0.15) is 72.6 Å². The molecule has 0 aliphatic heterocycles. The Morgan fingerprint density at radius 1 is 1.09 bits per heavy atom. The van der Waals surface area contributed by atoms with Crippen molar-refractivity contribution in [1.82, 2.24) is 4.57 Å². The van der Waals surface area contributed by atoms with Crippen molar-refractivity contribution in [2.75, 3.05) is 0 Å². The van der Waals surface area contributed by atoms with Crippen LogP contribution in [0.15, 0.2) is 35.1 Å². The van der Waals surface area contributed by atoms with E-state index in [0.29, 0.717) is 17.5 Å². The van der Waals surface area contributed by atoms with Crippen LogP contribution in [0.2, 0.25) is 0 Å². The van der Waals surface area contributed by atoms with Crippen LogP contribution in [-0.2, 0) is 0 Å². The highest BCUT2D eigenvalue weighted by Gasteiger charge is 2.29. The average molecular weight is 310 g/mol. The van der Waals surface area contributed by atoms with E-state index in [2.05, 4.69) is 52.0 Å². The Kier molecular flexibility index (Phi) is 4.15. The first kappa shape index (κ1) is 16.0. The van der Waals surface area contributed by atoms with Gasteiger partial charge in [-0.15, -0.1) is 0 Å². The van der Waals surface area contributed by atoms with E-state index in [-0.39, 0.29) is 11.6 Å². The van der Waals surface area contributed by atoms with Gasteiger partial charge in [0, 0.05) is 17.3 Å². The van der Waals surface area contributed by atoms with Gasteiger partial charge in [0.2, 0.25) is 0 Å². The Balaban J connectivity index is 2.11. The molecule has 0 bridgehead atoms. The minimum Gasteiger partial charge on any atom is -0.320 e. The molecule has 1 heterocycles. The zero-order chi connectivity index (χ0) is 16.7. The summed E-state index contributed by atoms with van der Waals surface area (Å²) in [4.78, 5) is 13.1. The van der Waals surface area contributed by atoms with E-state index in [9.17, 15) is 4.79 Å². The Labute approximate surface area is 138 Å². The molecule has 1 aromatic heterocycles. The van der Waals surface area contributed by atoms with Gasteiger partial charge in [-0.25, -0.2) is 0 Å². The Morgan fingerprint density at radius 3 is 2.39 bits per heavy atom. The number of hydrogen-bond donors (Lipinski definition) is 1. The molecule has 0 saturated heterocycles. The minimum atomic E-state index is -0.367. The van der Waals surface area contributed by atoms with Crippen LogP contribution >= 0.6 is 0 Å². The number of pyridine rings is 1. The first-order valence-electron chi connectivity index (χ1n) is 8.48. The number of hydrogen-bond acceptors (Lipinski definition) is 2. The lowest BCUT2D eigenvalue weighted by atomic mass is 9.94. The van der Waals surface area contributed by atoms with Gasteiger partial charge >= 0.3 is 0 Å². The zero-order valence-corrected chi connectivity index (χ0v) is 14.5. The maximum Gasteiger partial charge on any atom is 0.256 e. The molecule has 1 saturated carbocycles. The molecule has 3 nitrogen and oxygen atoms in total. The SMILES string of the molecule is Cc1ccc(C)c(C(N)c2ccc(C(C)C)n(C3CC3)c2=O)c1. The normalized spacial score (nSPS) is 15.9. The summed E-state index contributed by atoms with van der Waals surface area (Å²) in [5, 5.41) is 0. The molecule has 2 N–H and O–H groups in total. The molecule has 1 aliphatic rings. The smallest absolute Gasteiger partial charge is 0.256 e. The van der Waals surface area contributed by atoms with E-state index in [1.807, 2.05) is 10.6 Å². The molecule has 2 aromatic rings. The van der Waals surface area contributed by atoms with Crippen molar-refractivity contribution in [3.63, 3.8) is 0 Å². The second kappa shape index (κ2) is 5.97. The van der Waals surface area contributed by atoms with Gasteiger partial charge in [-0.1, -0.05) is 37.6 Å². The van der Waals surface area contributed by atoms with Crippen LogP contribution < -0.4 is 11.3 Å². The van der Waals surface area contributed by atoms with Gasteiger partial charge in [0.15, 0.2) is 0 Å². The molecular formula is C20H26N2O. The first-order chi connectivity index (χ1) is 10.9. The number of aryl methyl sites for hydroxylation is 2. The van der Waals surface area contributed by atoms with Crippen LogP contribution in [0.3, 0.4) is 0 Å². The van der Waals surface area contributed by atoms with Crippen molar-refractivity contribution in [3.05, 3.63) is 68.6 Å². The molecule has 1 fully saturated rings. The molecule has 0 spiro atoms. The standard InChI is InChI=1S/C20H26N2O/c1-12(2)18-10-9-16(20(23)22(18)15-7-8-15)19(21)17-11-13(3)5-6-14(17)4/h5-6,9-12,15,19H,7-8,21H2,1-4H3. The molecule has 0 radical (unpaired) electrons. The highest BCUT2D eigenvalue weighted by atomic mass is 16.1. The second-order valence-electron chi connectivity index (χ2n) is 7.11. The second-order valence-corrected chi connectivity index (χ2v) is 7.11. The Bertz CT molecular complexity index is 785. The summed E-state index contributed by atoms with van der Waals surface area (Å²) in [5.41, 5.74) is 11.7. The summed E-state index contributed by atoms with van der Waals surface area (Å²) in [7, 11) is 0. The van der Waals surface area contributed by atoms with E-state index >= 15 is 0 Å². The number of aromatic nitrogens is 1. The van der Waals surface area contributed by atoms with Gasteiger partial charge in [0.05, 0.1) is 6.04 Å². The maximum atomic E-state index is 13.1. The topological polar surface area (TPSA) is 48.0 Å². The van der Waals surface area contributed by atoms with E-state index in [1.54, 1.807) is 0 Å². The molecule has 1 aliphatic carbocycles. The van der Waals surface area contributed by atoms with Crippen molar-refractivity contribution in [2.24, 2.45) is 5.73 Å². The van der Waals surface area contributed by atoms with Crippen molar-refractivity contribution in [3.8, 4) is 0 Å². The van der Waals surface area contributed by atoms with Crippen LogP contribution in [0.4, 0.5) is 0 Å². The lowest BCUT2D eigenvalue weighted by molar-refractivity contribution is 0.613. The minimum absolute atomic E-state index is 0.0899. The largest absolute Gasteiger partial charge is 0.320 e. The Hall–Kier alpha value is -1.87. The summed E-state index contributed by atoms with van der Waals surface area (Å²) in [6.07, 6.45) is 2.20. The summed E-state index contributed by atoms with van der Waals surface area (Å²) in [6, 6.07) is 10.3. The molecule has 3 rings (SSSR count). The number of benzene rings is 1. The van der Waals surface area contributed by atoms with Gasteiger partial charge in [-0.2, -0.15) is 0 Å². The van der Waals surface area contributed by atoms with E-state index in [0.717, 1.165) is 29.7 Å². The van der Waals surface area contributed by atoms with Gasteiger partial charge < -0.3 is 10.3 Å². The summed E-state index contributed by atoms with van der Waals surface area (Å²) >= 11 is 0. The number of rotatable bonds is 4. The fraction of sp³-hybridized carbons (Fsp3) is 0.450. The van der Waals surface area contributed by atoms with Crippen molar-refractivity contribution in [2.45, 2.75) is 58.5 Å². The fourth-order valence-electron chi connectivity index (χ4n) is 3.26. The lowest BCUT2D eigenvalue weighted by Gasteiger charge is -2.20. The third kappa shape index (κ3) is 2.98. The lowest BCUT2D eigenvalue weighted by Crippen LogP contribution is -2.31. The average Bonchev–Trinajstić information content (AvgIpc) is 3.33. The van der Waals surface area contributed by atoms with Crippen LogP contribution in [0, 0.1) is 13.8 Å². The van der Waals surface area contributed by atoms with Gasteiger partial charge in [-0.05, 0) is 55.9 Å². The summed E-state index contributed by atoms with van der Waals surface area (Å²) < 4.78 is 1.99. The molecule has 1 atom stereocenters. The number of nitrogens with two attached hydrogens (primary N) is 1. The molecule has 1 unspecified atom stereocenters. The first-order valence-corrected chi connectivity index (χ1v) is 8.48. The molecule has 3 heteroatoms. The summed E-state index contributed by atoms with van der Waals surface area (Å²) in [6.45, 7) is 8.38. The van der Waals surface area contributed by atoms with Gasteiger partial charge in [0.25, 0.3) is 5.56 Å². The fourth-order valence-corrected chi connectivity index (χ4v) is 3.26. The van der Waals surface area contributed by atoms with E-state index in [4.69, 9.17) is 5.73 Å². The van der Waals surface area contributed by atoms with Crippen molar-refractivity contribution in [1.29, 1.82) is 0 Å². The van der Waals surface area contributed by atoms with E-state index < -0.39 is 0 Å². The third-order valence-electron chi connectivity index (χ3n) is 4.79. The molecule has 0 amide bonds. The molecule has 1 aromatic carbocycles. The highest BCUT2D eigenvalue weighted by molar-refractivity contribution is 5.39. The predicted molar refractivity (Wildman–Crippen MR) is 95.0 cm³/mol.